The van der Waals surface area contributed by atoms with E-state index in [1.54, 1.807) is 0 Å². The average Bonchev–Trinajstić information content (AvgIpc) is 2.69. The molecular weight excluding hydrogens is 132 g/mol. The van der Waals surface area contributed by atoms with E-state index < -0.39 is 0 Å². The molecule has 0 radical (unpaired) electrons. The standard InChI is InChI=1S/C7H14O3/c1-3-8-7(9-4-2)6-5-10-6/h6-7H,3-5H2,1-2H3. The molecule has 1 unspecified atom stereocenters. The third-order valence-corrected chi connectivity index (χ3v) is 1.32. The Kier molecular flexibility index (Phi) is 3.12. The van der Waals surface area contributed by atoms with Gasteiger partial charge in [0.15, 0.2) is 6.29 Å². The Morgan fingerprint density at radius 2 is 1.90 bits per heavy atom. The van der Waals surface area contributed by atoms with Crippen LogP contribution in [0.2, 0.25) is 0 Å². The Morgan fingerprint density at radius 3 is 2.20 bits per heavy atom. The van der Waals surface area contributed by atoms with Crippen LogP contribution in [0.3, 0.4) is 0 Å². The fourth-order valence-corrected chi connectivity index (χ4v) is 0.804. The van der Waals surface area contributed by atoms with E-state index in [9.17, 15) is 0 Å². The van der Waals surface area contributed by atoms with Gasteiger partial charge in [-0.2, -0.15) is 0 Å². The molecular formula is C7H14O3. The number of rotatable bonds is 5. The van der Waals surface area contributed by atoms with Crippen molar-refractivity contribution in [3.63, 3.8) is 0 Å². The Morgan fingerprint density at radius 1 is 1.40 bits per heavy atom. The summed E-state index contributed by atoms with van der Waals surface area (Å²) in [4.78, 5) is 0. The van der Waals surface area contributed by atoms with Crippen LogP contribution in [0.4, 0.5) is 0 Å². The van der Waals surface area contributed by atoms with Gasteiger partial charge in [-0.3, -0.25) is 0 Å². The molecule has 10 heavy (non-hydrogen) atoms. The van der Waals surface area contributed by atoms with Gasteiger partial charge in [0.2, 0.25) is 0 Å². The van der Waals surface area contributed by atoms with Crippen LogP contribution in [0.5, 0.6) is 0 Å². The van der Waals surface area contributed by atoms with Gasteiger partial charge in [0.1, 0.15) is 6.10 Å². The number of hydrogen-bond donors (Lipinski definition) is 0. The van der Waals surface area contributed by atoms with Crippen LogP contribution < -0.4 is 0 Å². The topological polar surface area (TPSA) is 31.0 Å². The van der Waals surface area contributed by atoms with E-state index in [2.05, 4.69) is 0 Å². The number of ether oxygens (including phenoxy) is 3. The van der Waals surface area contributed by atoms with Crippen LogP contribution in [0.15, 0.2) is 0 Å². The lowest BCUT2D eigenvalue weighted by atomic mass is 10.4. The highest BCUT2D eigenvalue weighted by molar-refractivity contribution is 4.73. The first-order valence-corrected chi connectivity index (χ1v) is 3.73. The third-order valence-electron chi connectivity index (χ3n) is 1.32. The third kappa shape index (κ3) is 2.25. The van der Waals surface area contributed by atoms with Crippen molar-refractivity contribution in [1.29, 1.82) is 0 Å². The monoisotopic (exact) mass is 146 g/mol. The van der Waals surface area contributed by atoms with E-state index in [0.717, 1.165) is 6.61 Å². The zero-order valence-corrected chi connectivity index (χ0v) is 6.50. The zero-order chi connectivity index (χ0) is 7.40. The summed E-state index contributed by atoms with van der Waals surface area (Å²) in [6, 6.07) is 0. The molecule has 0 saturated carbocycles. The number of hydrogen-bond acceptors (Lipinski definition) is 3. The molecule has 0 aliphatic carbocycles. The molecule has 0 aromatic rings. The largest absolute Gasteiger partial charge is 0.368 e. The summed E-state index contributed by atoms with van der Waals surface area (Å²) in [6.45, 7) is 6.06. The maximum Gasteiger partial charge on any atom is 0.185 e. The molecule has 3 nitrogen and oxygen atoms in total. The fourth-order valence-electron chi connectivity index (χ4n) is 0.804. The molecule has 0 aromatic carbocycles. The summed E-state index contributed by atoms with van der Waals surface area (Å²) in [5.74, 6) is 0. The van der Waals surface area contributed by atoms with Crippen LogP contribution in [0, 0.1) is 0 Å². The predicted molar refractivity (Wildman–Crippen MR) is 36.8 cm³/mol. The Hall–Kier alpha value is -0.120. The molecule has 0 spiro atoms. The van der Waals surface area contributed by atoms with E-state index >= 15 is 0 Å². The van der Waals surface area contributed by atoms with Gasteiger partial charge in [0, 0.05) is 13.2 Å². The molecule has 1 fully saturated rings. The first-order chi connectivity index (χ1) is 4.88. The van der Waals surface area contributed by atoms with Gasteiger partial charge in [0.05, 0.1) is 6.61 Å². The van der Waals surface area contributed by atoms with Crippen molar-refractivity contribution in [1.82, 2.24) is 0 Å². The zero-order valence-electron chi connectivity index (χ0n) is 6.50. The van der Waals surface area contributed by atoms with Gasteiger partial charge < -0.3 is 14.2 Å². The second kappa shape index (κ2) is 3.91. The highest BCUT2D eigenvalue weighted by Gasteiger charge is 2.33. The second-order valence-electron chi connectivity index (χ2n) is 2.15. The van der Waals surface area contributed by atoms with Gasteiger partial charge in [-0.15, -0.1) is 0 Å². The minimum atomic E-state index is -0.130. The van der Waals surface area contributed by atoms with E-state index in [4.69, 9.17) is 14.2 Å². The molecule has 3 heteroatoms. The van der Waals surface area contributed by atoms with Crippen molar-refractivity contribution < 1.29 is 14.2 Å². The molecule has 1 aliphatic heterocycles. The lowest BCUT2D eigenvalue weighted by molar-refractivity contribution is -0.147. The van der Waals surface area contributed by atoms with E-state index in [0.29, 0.717) is 13.2 Å². The summed E-state index contributed by atoms with van der Waals surface area (Å²) >= 11 is 0. The minimum absolute atomic E-state index is 0.130. The Balaban J connectivity index is 2.13. The normalized spacial score (nSPS) is 23.7. The van der Waals surface area contributed by atoms with Crippen molar-refractivity contribution in [2.24, 2.45) is 0 Å². The summed E-state index contributed by atoms with van der Waals surface area (Å²) in [7, 11) is 0. The first-order valence-electron chi connectivity index (χ1n) is 3.73. The van der Waals surface area contributed by atoms with Gasteiger partial charge in [-0.25, -0.2) is 0 Å². The van der Waals surface area contributed by atoms with E-state index in [1.165, 1.54) is 0 Å². The highest BCUT2D eigenvalue weighted by atomic mass is 16.7. The number of epoxide rings is 1. The van der Waals surface area contributed by atoms with Gasteiger partial charge in [-0.05, 0) is 13.8 Å². The summed E-state index contributed by atoms with van der Waals surface area (Å²) in [5, 5.41) is 0. The fraction of sp³-hybridized carbons (Fsp3) is 1.00. The quantitative estimate of drug-likeness (QED) is 0.424. The minimum Gasteiger partial charge on any atom is -0.368 e. The lowest BCUT2D eigenvalue weighted by Gasteiger charge is -2.13. The Bertz CT molecular complexity index is 84.9. The summed E-state index contributed by atoms with van der Waals surface area (Å²) in [6.07, 6.45) is 0.0647. The molecule has 0 amide bonds. The van der Waals surface area contributed by atoms with Gasteiger partial charge in [0.25, 0.3) is 0 Å². The van der Waals surface area contributed by atoms with Gasteiger partial charge in [-0.1, -0.05) is 0 Å². The lowest BCUT2D eigenvalue weighted by Crippen LogP contribution is -2.23. The molecule has 1 heterocycles. The van der Waals surface area contributed by atoms with Crippen molar-refractivity contribution in [2.75, 3.05) is 19.8 Å². The van der Waals surface area contributed by atoms with Crippen molar-refractivity contribution >= 4 is 0 Å². The SMILES string of the molecule is CCOC(OCC)C1CO1. The van der Waals surface area contributed by atoms with E-state index in [-0.39, 0.29) is 12.4 Å². The van der Waals surface area contributed by atoms with Crippen molar-refractivity contribution in [3.8, 4) is 0 Å². The molecule has 1 atom stereocenters. The van der Waals surface area contributed by atoms with E-state index in [1.807, 2.05) is 13.8 Å². The van der Waals surface area contributed by atoms with Gasteiger partial charge >= 0.3 is 0 Å². The second-order valence-corrected chi connectivity index (χ2v) is 2.15. The van der Waals surface area contributed by atoms with Crippen molar-refractivity contribution in [3.05, 3.63) is 0 Å². The Labute approximate surface area is 61.3 Å². The molecule has 0 N–H and O–H groups in total. The maximum absolute atomic E-state index is 5.26. The molecule has 1 saturated heterocycles. The van der Waals surface area contributed by atoms with Crippen LogP contribution in [-0.4, -0.2) is 32.2 Å². The highest BCUT2D eigenvalue weighted by Crippen LogP contribution is 2.17. The van der Waals surface area contributed by atoms with Crippen LogP contribution in [-0.2, 0) is 14.2 Å². The summed E-state index contributed by atoms with van der Waals surface area (Å²) < 4.78 is 15.5. The molecule has 1 aliphatic rings. The maximum atomic E-state index is 5.26. The molecule has 1 rings (SSSR count). The van der Waals surface area contributed by atoms with Crippen LogP contribution in [0.1, 0.15) is 13.8 Å². The smallest absolute Gasteiger partial charge is 0.185 e. The molecule has 0 bridgehead atoms. The van der Waals surface area contributed by atoms with Crippen molar-refractivity contribution in [2.45, 2.75) is 26.2 Å². The van der Waals surface area contributed by atoms with Crippen LogP contribution in [0.25, 0.3) is 0 Å². The van der Waals surface area contributed by atoms with Crippen LogP contribution >= 0.6 is 0 Å². The predicted octanol–water partition coefficient (Wildman–Crippen LogP) is 0.784. The average molecular weight is 146 g/mol. The first kappa shape index (κ1) is 7.98. The molecule has 0 aromatic heterocycles. The summed E-state index contributed by atoms with van der Waals surface area (Å²) in [5.41, 5.74) is 0. The molecule has 60 valence electrons.